The number of ether oxygens (including phenoxy) is 1. The molecule has 1 aliphatic rings. The van der Waals surface area contributed by atoms with E-state index in [9.17, 15) is 0 Å². The van der Waals surface area contributed by atoms with Gasteiger partial charge in [-0.2, -0.15) is 5.10 Å². The van der Waals surface area contributed by atoms with E-state index in [1.807, 2.05) is 36.5 Å². The number of rotatable bonds is 5. The zero-order valence-corrected chi connectivity index (χ0v) is 17.0. The molecule has 1 aromatic carbocycles. The lowest BCUT2D eigenvalue weighted by Crippen LogP contribution is -2.43. The number of hydrogen-bond donors (Lipinski definition) is 1. The quantitative estimate of drug-likeness (QED) is 0.552. The lowest BCUT2D eigenvalue weighted by Gasteiger charge is -2.32. The van der Waals surface area contributed by atoms with Crippen LogP contribution in [0.15, 0.2) is 61.1 Å². The largest absolute Gasteiger partial charge is 0.439 e. The number of nitrogens with zero attached hydrogens (tertiary/aromatic N) is 5. The predicted octanol–water partition coefficient (Wildman–Crippen LogP) is 3.56. The van der Waals surface area contributed by atoms with Gasteiger partial charge >= 0.3 is 0 Å². The Morgan fingerprint density at radius 1 is 0.967 bits per heavy atom. The van der Waals surface area contributed by atoms with E-state index in [4.69, 9.17) is 4.74 Å². The fourth-order valence-electron chi connectivity index (χ4n) is 3.70. The number of fused-ring (bicyclic) bond motifs is 1. The summed E-state index contributed by atoms with van der Waals surface area (Å²) in [5, 5.41) is 8.02. The zero-order valence-electron chi connectivity index (χ0n) is 17.0. The molecule has 0 saturated carbocycles. The first kappa shape index (κ1) is 18.7. The third-order valence-electron chi connectivity index (χ3n) is 5.48. The second kappa shape index (κ2) is 8.22. The Hall–Kier alpha value is -3.29. The maximum atomic E-state index is 5.93. The fourth-order valence-corrected chi connectivity index (χ4v) is 3.70. The van der Waals surface area contributed by atoms with Gasteiger partial charge in [-0.05, 0) is 42.9 Å². The number of likely N-dealkylation sites (N-methyl/N-ethyl adjacent to an activating group) is 1. The molecule has 7 heteroatoms. The van der Waals surface area contributed by atoms with Gasteiger partial charge in [-0.25, -0.2) is 4.98 Å². The smallest absolute Gasteiger partial charge is 0.219 e. The summed E-state index contributed by atoms with van der Waals surface area (Å²) in [6, 6.07) is 13.9. The highest BCUT2D eigenvalue weighted by atomic mass is 16.5. The number of pyridine rings is 2. The Labute approximate surface area is 175 Å². The van der Waals surface area contributed by atoms with Gasteiger partial charge < -0.3 is 9.64 Å². The van der Waals surface area contributed by atoms with Crippen LogP contribution < -0.4 is 4.74 Å². The van der Waals surface area contributed by atoms with Gasteiger partial charge in [0.1, 0.15) is 5.75 Å². The maximum absolute atomic E-state index is 5.93. The first-order valence-corrected chi connectivity index (χ1v) is 10.2. The summed E-state index contributed by atoms with van der Waals surface area (Å²) in [4.78, 5) is 13.9. The molecular weight excluding hydrogens is 376 g/mol. The van der Waals surface area contributed by atoms with Crippen molar-refractivity contribution in [3.63, 3.8) is 0 Å². The standard InChI is InChI=1S/C23H24N6O/c1-28-8-10-29(11-9-28)16-17-12-18-2-4-20(13-22(18)24-14-17)30-23-5-3-19(15-25-23)21-6-7-26-27-21/h2-7,12-15H,8-11,16H2,1H3,(H,26,27). The van der Waals surface area contributed by atoms with Crippen LogP contribution in [0.1, 0.15) is 5.56 Å². The monoisotopic (exact) mass is 400 g/mol. The molecule has 0 radical (unpaired) electrons. The van der Waals surface area contributed by atoms with Crippen LogP contribution >= 0.6 is 0 Å². The molecule has 0 bridgehead atoms. The van der Waals surface area contributed by atoms with E-state index in [2.05, 4.69) is 49.1 Å². The summed E-state index contributed by atoms with van der Waals surface area (Å²) in [7, 11) is 2.18. The average Bonchev–Trinajstić information content (AvgIpc) is 3.31. The number of piperazine rings is 1. The minimum absolute atomic E-state index is 0.546. The maximum Gasteiger partial charge on any atom is 0.219 e. The Bertz CT molecular complexity index is 1120. The van der Waals surface area contributed by atoms with Crippen molar-refractivity contribution in [2.45, 2.75) is 6.54 Å². The minimum Gasteiger partial charge on any atom is -0.439 e. The highest BCUT2D eigenvalue weighted by molar-refractivity contribution is 5.80. The van der Waals surface area contributed by atoms with Crippen LogP contribution in [0.25, 0.3) is 22.2 Å². The molecular formula is C23H24N6O. The molecule has 0 atom stereocenters. The molecule has 1 saturated heterocycles. The molecule has 30 heavy (non-hydrogen) atoms. The van der Waals surface area contributed by atoms with Crippen molar-refractivity contribution >= 4 is 10.9 Å². The van der Waals surface area contributed by atoms with Crippen LogP contribution in [0.5, 0.6) is 11.6 Å². The summed E-state index contributed by atoms with van der Waals surface area (Å²) in [6.45, 7) is 5.40. The molecule has 1 fully saturated rings. The minimum atomic E-state index is 0.546. The van der Waals surface area contributed by atoms with Crippen LogP contribution in [-0.2, 0) is 6.54 Å². The molecule has 0 aliphatic carbocycles. The number of aromatic amines is 1. The third-order valence-corrected chi connectivity index (χ3v) is 5.48. The molecule has 7 nitrogen and oxygen atoms in total. The van der Waals surface area contributed by atoms with E-state index in [0.29, 0.717) is 5.88 Å². The Morgan fingerprint density at radius 2 is 1.87 bits per heavy atom. The summed E-state index contributed by atoms with van der Waals surface area (Å²) < 4.78 is 5.93. The van der Waals surface area contributed by atoms with Crippen LogP contribution in [0.4, 0.5) is 0 Å². The van der Waals surface area contributed by atoms with E-state index in [1.54, 1.807) is 12.4 Å². The summed E-state index contributed by atoms with van der Waals surface area (Å²) in [6.07, 6.45) is 5.47. The molecule has 5 rings (SSSR count). The van der Waals surface area contributed by atoms with Crippen LogP contribution in [0.2, 0.25) is 0 Å². The normalized spacial score (nSPS) is 15.5. The SMILES string of the molecule is CN1CCN(Cc2cnc3cc(Oc4ccc(-c5ccn[nH]5)cn4)ccc3c2)CC1. The van der Waals surface area contributed by atoms with Crippen molar-refractivity contribution in [3.05, 3.63) is 66.6 Å². The molecule has 152 valence electrons. The van der Waals surface area contributed by atoms with Gasteiger partial charge in [-0.1, -0.05) is 0 Å². The molecule has 4 aromatic rings. The van der Waals surface area contributed by atoms with Gasteiger partial charge in [0.05, 0.1) is 11.2 Å². The topological polar surface area (TPSA) is 70.2 Å². The van der Waals surface area contributed by atoms with Gasteiger partial charge in [0, 0.05) is 74.4 Å². The fraction of sp³-hybridized carbons (Fsp3) is 0.261. The van der Waals surface area contributed by atoms with Gasteiger partial charge in [0.25, 0.3) is 0 Å². The second-order valence-electron chi connectivity index (χ2n) is 7.73. The van der Waals surface area contributed by atoms with Crippen molar-refractivity contribution in [1.82, 2.24) is 30.0 Å². The molecule has 4 heterocycles. The Kier molecular flexibility index (Phi) is 5.13. The summed E-state index contributed by atoms with van der Waals surface area (Å²) >= 11 is 0. The van der Waals surface area contributed by atoms with Gasteiger partial charge in [-0.3, -0.25) is 15.0 Å². The predicted molar refractivity (Wildman–Crippen MR) is 116 cm³/mol. The van der Waals surface area contributed by atoms with E-state index < -0.39 is 0 Å². The van der Waals surface area contributed by atoms with E-state index >= 15 is 0 Å². The van der Waals surface area contributed by atoms with E-state index in [0.717, 1.165) is 60.6 Å². The number of hydrogen-bond acceptors (Lipinski definition) is 6. The molecule has 1 N–H and O–H groups in total. The van der Waals surface area contributed by atoms with Crippen molar-refractivity contribution < 1.29 is 4.74 Å². The Balaban J connectivity index is 1.28. The van der Waals surface area contributed by atoms with E-state index in [-0.39, 0.29) is 0 Å². The average molecular weight is 400 g/mol. The molecule has 0 spiro atoms. The first-order valence-electron chi connectivity index (χ1n) is 10.2. The van der Waals surface area contributed by atoms with E-state index in [1.165, 1.54) is 5.56 Å². The number of H-pyrrole nitrogens is 1. The molecule has 0 unspecified atom stereocenters. The van der Waals surface area contributed by atoms with Crippen molar-refractivity contribution in [2.24, 2.45) is 0 Å². The highest BCUT2D eigenvalue weighted by Crippen LogP contribution is 2.26. The van der Waals surface area contributed by atoms with Crippen LogP contribution in [0.3, 0.4) is 0 Å². The number of nitrogens with one attached hydrogen (secondary N) is 1. The summed E-state index contributed by atoms with van der Waals surface area (Å²) in [5.41, 5.74) is 4.06. The molecule has 0 amide bonds. The highest BCUT2D eigenvalue weighted by Gasteiger charge is 2.14. The van der Waals surface area contributed by atoms with Gasteiger partial charge in [-0.15, -0.1) is 0 Å². The molecule has 3 aromatic heterocycles. The van der Waals surface area contributed by atoms with Crippen LogP contribution in [-0.4, -0.2) is 63.2 Å². The third kappa shape index (κ3) is 4.17. The Morgan fingerprint density at radius 3 is 2.63 bits per heavy atom. The van der Waals surface area contributed by atoms with Crippen LogP contribution in [0, 0.1) is 0 Å². The van der Waals surface area contributed by atoms with Gasteiger partial charge in [0.15, 0.2) is 0 Å². The lowest BCUT2D eigenvalue weighted by atomic mass is 10.1. The zero-order chi connectivity index (χ0) is 20.3. The van der Waals surface area contributed by atoms with Crippen molar-refractivity contribution in [1.29, 1.82) is 0 Å². The van der Waals surface area contributed by atoms with Crippen molar-refractivity contribution in [2.75, 3.05) is 33.2 Å². The number of benzene rings is 1. The first-order chi connectivity index (χ1) is 14.7. The lowest BCUT2D eigenvalue weighted by molar-refractivity contribution is 0.148. The second-order valence-corrected chi connectivity index (χ2v) is 7.73. The molecule has 1 aliphatic heterocycles. The van der Waals surface area contributed by atoms with Gasteiger partial charge in [0.2, 0.25) is 5.88 Å². The summed E-state index contributed by atoms with van der Waals surface area (Å²) in [5.74, 6) is 1.27. The van der Waals surface area contributed by atoms with Crippen molar-refractivity contribution in [3.8, 4) is 22.9 Å². The number of aromatic nitrogens is 4.